The van der Waals surface area contributed by atoms with Crippen LogP contribution >= 0.6 is 0 Å². The van der Waals surface area contributed by atoms with Gasteiger partial charge in [-0.3, -0.25) is 4.79 Å². The van der Waals surface area contributed by atoms with Gasteiger partial charge in [-0.1, -0.05) is 6.07 Å². The predicted octanol–water partition coefficient (Wildman–Crippen LogP) is 2.63. The second-order valence-corrected chi connectivity index (χ2v) is 5.90. The number of hydrogen-bond donors (Lipinski definition) is 2. The summed E-state index contributed by atoms with van der Waals surface area (Å²) in [5, 5.41) is 2.93. The van der Waals surface area contributed by atoms with Crippen LogP contribution in [0.5, 0.6) is 0 Å². The van der Waals surface area contributed by atoms with Gasteiger partial charge in [-0.05, 0) is 62.8 Å². The summed E-state index contributed by atoms with van der Waals surface area (Å²) in [6.07, 6.45) is 5.16. The highest BCUT2D eigenvalue weighted by atomic mass is 16.1. The molecule has 0 heterocycles. The standard InChI is InChI=1S/C15H22N2O/c1-15(2,16)10-14(18)17-13-8-7-11-5-3-4-6-12(11)9-13/h7-9H,3-6,10,16H2,1-2H3,(H,17,18). The summed E-state index contributed by atoms with van der Waals surface area (Å²) in [5.74, 6) is -0.0155. The summed E-state index contributed by atoms with van der Waals surface area (Å²) < 4.78 is 0. The molecule has 0 bridgehead atoms. The van der Waals surface area contributed by atoms with Gasteiger partial charge in [-0.15, -0.1) is 0 Å². The molecule has 18 heavy (non-hydrogen) atoms. The molecule has 3 heteroatoms. The number of anilines is 1. The maximum atomic E-state index is 11.8. The highest BCUT2D eigenvalue weighted by Gasteiger charge is 2.17. The van der Waals surface area contributed by atoms with E-state index in [0.717, 1.165) is 12.1 Å². The number of carbonyl (C=O) groups is 1. The van der Waals surface area contributed by atoms with Crippen LogP contribution in [0.15, 0.2) is 18.2 Å². The van der Waals surface area contributed by atoms with Gasteiger partial charge in [0, 0.05) is 17.6 Å². The van der Waals surface area contributed by atoms with E-state index in [1.165, 1.54) is 30.4 Å². The van der Waals surface area contributed by atoms with E-state index in [9.17, 15) is 4.79 Å². The number of nitrogens with two attached hydrogens (primary N) is 1. The number of hydrogen-bond acceptors (Lipinski definition) is 2. The Bertz CT molecular complexity index is 446. The third kappa shape index (κ3) is 3.57. The number of aryl methyl sites for hydroxylation is 2. The topological polar surface area (TPSA) is 55.1 Å². The van der Waals surface area contributed by atoms with Crippen LogP contribution in [0.4, 0.5) is 5.69 Å². The monoisotopic (exact) mass is 246 g/mol. The number of nitrogens with one attached hydrogen (secondary N) is 1. The zero-order valence-corrected chi connectivity index (χ0v) is 11.3. The summed E-state index contributed by atoms with van der Waals surface area (Å²) in [7, 11) is 0. The van der Waals surface area contributed by atoms with Gasteiger partial charge in [0.15, 0.2) is 0 Å². The van der Waals surface area contributed by atoms with Gasteiger partial charge >= 0.3 is 0 Å². The SMILES string of the molecule is CC(C)(N)CC(=O)Nc1ccc2c(c1)CCCC2. The third-order valence-corrected chi connectivity index (χ3v) is 3.25. The lowest BCUT2D eigenvalue weighted by Gasteiger charge is -2.19. The van der Waals surface area contributed by atoms with Crippen LogP contribution in [0.25, 0.3) is 0 Å². The minimum Gasteiger partial charge on any atom is -0.326 e. The smallest absolute Gasteiger partial charge is 0.226 e. The van der Waals surface area contributed by atoms with Crippen molar-refractivity contribution >= 4 is 11.6 Å². The van der Waals surface area contributed by atoms with Gasteiger partial charge < -0.3 is 11.1 Å². The lowest BCUT2D eigenvalue weighted by atomic mass is 9.91. The first-order valence-electron chi connectivity index (χ1n) is 6.65. The van der Waals surface area contributed by atoms with Gasteiger partial charge in [0.2, 0.25) is 5.91 Å². The number of benzene rings is 1. The summed E-state index contributed by atoms with van der Waals surface area (Å²) >= 11 is 0. The van der Waals surface area contributed by atoms with Crippen LogP contribution in [0.2, 0.25) is 0 Å². The van der Waals surface area contributed by atoms with Crippen molar-refractivity contribution in [3.8, 4) is 0 Å². The first kappa shape index (κ1) is 13.1. The molecule has 1 amide bonds. The number of fused-ring (bicyclic) bond motifs is 1. The van der Waals surface area contributed by atoms with E-state index in [1.54, 1.807) is 0 Å². The second kappa shape index (κ2) is 5.11. The molecule has 3 N–H and O–H groups in total. The van der Waals surface area contributed by atoms with Crippen LogP contribution < -0.4 is 11.1 Å². The predicted molar refractivity (Wildman–Crippen MR) is 74.6 cm³/mol. The third-order valence-electron chi connectivity index (χ3n) is 3.25. The first-order chi connectivity index (χ1) is 8.44. The molecule has 0 spiro atoms. The molecule has 0 unspecified atom stereocenters. The van der Waals surface area contributed by atoms with Gasteiger partial charge in [-0.25, -0.2) is 0 Å². The Balaban J connectivity index is 2.04. The van der Waals surface area contributed by atoms with Crippen molar-refractivity contribution in [2.75, 3.05) is 5.32 Å². The molecule has 1 aliphatic carbocycles. The molecule has 0 radical (unpaired) electrons. The van der Waals surface area contributed by atoms with E-state index in [2.05, 4.69) is 17.4 Å². The molecule has 1 aromatic rings. The van der Waals surface area contributed by atoms with Gasteiger partial charge in [0.1, 0.15) is 0 Å². The number of rotatable bonds is 3. The fourth-order valence-corrected chi connectivity index (χ4v) is 2.43. The zero-order chi connectivity index (χ0) is 13.2. The molecule has 2 rings (SSSR count). The average molecular weight is 246 g/mol. The van der Waals surface area contributed by atoms with Crippen LogP contribution in [0.1, 0.15) is 44.2 Å². The molecule has 0 aromatic heterocycles. The van der Waals surface area contributed by atoms with Crippen molar-refractivity contribution in [3.63, 3.8) is 0 Å². The lowest BCUT2D eigenvalue weighted by molar-refractivity contribution is -0.117. The molecular formula is C15H22N2O. The Morgan fingerprint density at radius 3 is 2.61 bits per heavy atom. The molecule has 0 fully saturated rings. The Morgan fingerprint density at radius 2 is 1.94 bits per heavy atom. The lowest BCUT2D eigenvalue weighted by Crippen LogP contribution is -2.36. The van der Waals surface area contributed by atoms with Crippen LogP contribution in [-0.4, -0.2) is 11.4 Å². The van der Waals surface area contributed by atoms with Gasteiger partial charge in [0.25, 0.3) is 0 Å². The fraction of sp³-hybridized carbons (Fsp3) is 0.533. The second-order valence-electron chi connectivity index (χ2n) is 5.90. The molecular weight excluding hydrogens is 224 g/mol. The van der Waals surface area contributed by atoms with Crippen molar-refractivity contribution in [3.05, 3.63) is 29.3 Å². The first-order valence-corrected chi connectivity index (χ1v) is 6.65. The van der Waals surface area contributed by atoms with Gasteiger partial charge in [0.05, 0.1) is 0 Å². The summed E-state index contributed by atoms with van der Waals surface area (Å²) in [4.78, 5) is 11.8. The van der Waals surface area contributed by atoms with Crippen LogP contribution in [-0.2, 0) is 17.6 Å². The summed E-state index contributed by atoms with van der Waals surface area (Å²) in [5.41, 5.74) is 9.08. The largest absolute Gasteiger partial charge is 0.326 e. The summed E-state index contributed by atoms with van der Waals surface area (Å²) in [6, 6.07) is 6.24. The summed E-state index contributed by atoms with van der Waals surface area (Å²) in [6.45, 7) is 3.72. The van der Waals surface area contributed by atoms with E-state index < -0.39 is 5.54 Å². The zero-order valence-electron chi connectivity index (χ0n) is 11.3. The molecule has 98 valence electrons. The van der Waals surface area contributed by atoms with Crippen LogP contribution in [0.3, 0.4) is 0 Å². The van der Waals surface area contributed by atoms with E-state index in [0.29, 0.717) is 6.42 Å². The molecule has 0 atom stereocenters. The fourth-order valence-electron chi connectivity index (χ4n) is 2.43. The van der Waals surface area contributed by atoms with Crippen molar-refractivity contribution in [1.29, 1.82) is 0 Å². The van der Waals surface area contributed by atoms with Crippen LogP contribution in [0, 0.1) is 0 Å². The highest BCUT2D eigenvalue weighted by Crippen LogP contribution is 2.24. The van der Waals surface area contributed by atoms with Crippen molar-refractivity contribution in [2.24, 2.45) is 5.73 Å². The molecule has 1 aliphatic rings. The Morgan fingerprint density at radius 1 is 1.28 bits per heavy atom. The molecule has 1 aromatic carbocycles. The minimum atomic E-state index is -0.460. The van der Waals surface area contributed by atoms with Crippen molar-refractivity contribution in [1.82, 2.24) is 0 Å². The normalized spacial score (nSPS) is 15.1. The Labute approximate surface area is 109 Å². The molecule has 0 saturated carbocycles. The maximum Gasteiger partial charge on any atom is 0.226 e. The molecule has 0 saturated heterocycles. The highest BCUT2D eigenvalue weighted by molar-refractivity contribution is 5.91. The van der Waals surface area contributed by atoms with E-state index >= 15 is 0 Å². The number of carbonyl (C=O) groups excluding carboxylic acids is 1. The Kier molecular flexibility index (Phi) is 3.71. The maximum absolute atomic E-state index is 11.8. The molecule has 0 aliphatic heterocycles. The van der Waals surface area contributed by atoms with E-state index in [-0.39, 0.29) is 5.91 Å². The average Bonchev–Trinajstić information content (AvgIpc) is 2.26. The minimum absolute atomic E-state index is 0.0155. The van der Waals surface area contributed by atoms with E-state index in [4.69, 9.17) is 5.73 Å². The van der Waals surface area contributed by atoms with Crippen molar-refractivity contribution in [2.45, 2.75) is 51.5 Å². The number of amides is 1. The molecule has 3 nitrogen and oxygen atoms in total. The van der Waals surface area contributed by atoms with Crippen molar-refractivity contribution < 1.29 is 4.79 Å². The van der Waals surface area contributed by atoms with E-state index in [1.807, 2.05) is 19.9 Å². The quantitative estimate of drug-likeness (QED) is 0.861. The Hall–Kier alpha value is -1.35. The van der Waals surface area contributed by atoms with Gasteiger partial charge in [-0.2, -0.15) is 0 Å².